The lowest BCUT2D eigenvalue weighted by Gasteiger charge is -2.34. The Labute approximate surface area is 89.8 Å². The predicted octanol–water partition coefficient (Wildman–Crippen LogP) is 0.926. The molecule has 0 unspecified atom stereocenters. The molecule has 7 heteroatoms. The maximum absolute atomic E-state index is 6.07. The number of nitrogens with two attached hydrogens (primary N) is 1. The minimum atomic E-state index is -0.384. The van der Waals surface area contributed by atoms with Crippen molar-refractivity contribution in [1.29, 1.82) is 0 Å². The van der Waals surface area contributed by atoms with E-state index in [-0.39, 0.29) is 5.54 Å². The monoisotopic (exact) mass is 223 g/mol. The fraction of sp³-hybridized carbons (Fsp3) is 0.500. The van der Waals surface area contributed by atoms with Crippen LogP contribution < -0.4 is 5.73 Å². The minimum absolute atomic E-state index is 0.384. The topological polar surface area (TPSA) is 90.7 Å². The van der Waals surface area contributed by atoms with Crippen LogP contribution in [-0.2, 0) is 5.54 Å². The van der Waals surface area contributed by atoms with Gasteiger partial charge in [0.2, 0.25) is 0 Å². The number of hydrogen-bond donors (Lipinski definition) is 1. The standard InChI is InChI=1S/C8H9N5OS/c9-8(2-1-3-8)7-11-6(14-12-7)5-4-10-15-13-5/h4H,1-3,9H2. The average molecular weight is 223 g/mol. The van der Waals surface area contributed by atoms with Gasteiger partial charge in [-0.05, 0) is 19.3 Å². The van der Waals surface area contributed by atoms with Crippen LogP contribution in [0, 0.1) is 0 Å². The normalized spacial score (nSPS) is 18.7. The lowest BCUT2D eigenvalue weighted by molar-refractivity contribution is 0.229. The molecule has 78 valence electrons. The van der Waals surface area contributed by atoms with E-state index in [1.165, 1.54) is 0 Å². The molecule has 2 aromatic rings. The molecule has 3 rings (SSSR count). The molecule has 0 bridgehead atoms. The van der Waals surface area contributed by atoms with Crippen LogP contribution in [-0.4, -0.2) is 18.9 Å². The number of nitrogens with zero attached hydrogens (tertiary/aromatic N) is 4. The SMILES string of the molecule is NC1(c2noc(-c3cnsn3)n2)CCC1. The highest BCUT2D eigenvalue weighted by Gasteiger charge is 2.39. The Morgan fingerprint density at radius 1 is 1.47 bits per heavy atom. The summed E-state index contributed by atoms with van der Waals surface area (Å²) in [5.41, 5.74) is 6.30. The fourth-order valence-electron chi connectivity index (χ4n) is 1.57. The molecule has 2 N–H and O–H groups in total. The van der Waals surface area contributed by atoms with Gasteiger partial charge in [-0.3, -0.25) is 0 Å². The zero-order valence-corrected chi connectivity index (χ0v) is 8.70. The first kappa shape index (κ1) is 8.93. The van der Waals surface area contributed by atoms with Gasteiger partial charge in [-0.1, -0.05) is 5.16 Å². The maximum atomic E-state index is 6.07. The lowest BCUT2D eigenvalue weighted by Crippen LogP contribution is -2.44. The van der Waals surface area contributed by atoms with E-state index in [1.54, 1.807) is 6.20 Å². The molecule has 1 aliphatic carbocycles. The van der Waals surface area contributed by atoms with Crippen LogP contribution in [0.5, 0.6) is 0 Å². The van der Waals surface area contributed by atoms with E-state index in [9.17, 15) is 0 Å². The maximum Gasteiger partial charge on any atom is 0.279 e. The molecule has 15 heavy (non-hydrogen) atoms. The summed E-state index contributed by atoms with van der Waals surface area (Å²) in [5, 5.41) is 3.89. The third-order valence-electron chi connectivity index (χ3n) is 2.70. The van der Waals surface area contributed by atoms with Crippen LogP contribution in [0.3, 0.4) is 0 Å². The van der Waals surface area contributed by atoms with Crippen molar-refractivity contribution in [2.75, 3.05) is 0 Å². The molecule has 0 radical (unpaired) electrons. The summed E-state index contributed by atoms with van der Waals surface area (Å²) < 4.78 is 13.0. The smallest absolute Gasteiger partial charge is 0.279 e. The van der Waals surface area contributed by atoms with Gasteiger partial charge in [-0.2, -0.15) is 13.7 Å². The van der Waals surface area contributed by atoms with Crippen molar-refractivity contribution in [2.45, 2.75) is 24.8 Å². The van der Waals surface area contributed by atoms with Crippen molar-refractivity contribution in [3.63, 3.8) is 0 Å². The molecular weight excluding hydrogens is 214 g/mol. The molecule has 0 saturated heterocycles. The first-order chi connectivity index (χ1) is 7.28. The van der Waals surface area contributed by atoms with Gasteiger partial charge in [0.15, 0.2) is 11.5 Å². The van der Waals surface area contributed by atoms with E-state index in [2.05, 4.69) is 18.9 Å². The third kappa shape index (κ3) is 1.35. The summed E-state index contributed by atoms with van der Waals surface area (Å²) in [6, 6.07) is 0. The lowest BCUT2D eigenvalue weighted by atomic mass is 9.77. The quantitative estimate of drug-likeness (QED) is 0.814. The summed E-state index contributed by atoms with van der Waals surface area (Å²) in [7, 11) is 0. The van der Waals surface area contributed by atoms with Crippen LogP contribution in [0.1, 0.15) is 25.1 Å². The van der Waals surface area contributed by atoms with E-state index in [4.69, 9.17) is 10.3 Å². The zero-order valence-electron chi connectivity index (χ0n) is 7.88. The van der Waals surface area contributed by atoms with Crippen LogP contribution >= 0.6 is 11.7 Å². The highest BCUT2D eigenvalue weighted by atomic mass is 32.1. The van der Waals surface area contributed by atoms with Crippen molar-refractivity contribution in [1.82, 2.24) is 18.9 Å². The Hall–Kier alpha value is -1.34. The Balaban J connectivity index is 1.94. The second-order valence-corrected chi connectivity index (χ2v) is 4.28. The number of rotatable bonds is 2. The van der Waals surface area contributed by atoms with Gasteiger partial charge < -0.3 is 10.3 Å². The molecule has 1 fully saturated rings. The van der Waals surface area contributed by atoms with Crippen molar-refractivity contribution < 1.29 is 4.52 Å². The summed E-state index contributed by atoms with van der Waals surface area (Å²) in [6.45, 7) is 0. The minimum Gasteiger partial charge on any atom is -0.332 e. The number of aromatic nitrogens is 4. The molecule has 0 amide bonds. The van der Waals surface area contributed by atoms with E-state index in [0.717, 1.165) is 31.0 Å². The second kappa shape index (κ2) is 3.07. The van der Waals surface area contributed by atoms with Gasteiger partial charge in [-0.15, -0.1) is 0 Å². The largest absolute Gasteiger partial charge is 0.332 e. The van der Waals surface area contributed by atoms with Gasteiger partial charge in [0.1, 0.15) is 0 Å². The molecular formula is C8H9N5OS. The molecule has 0 atom stereocenters. The van der Waals surface area contributed by atoms with Crippen LogP contribution in [0.2, 0.25) is 0 Å². The van der Waals surface area contributed by atoms with Crippen LogP contribution in [0.4, 0.5) is 0 Å². The first-order valence-electron chi connectivity index (χ1n) is 4.69. The molecule has 1 aliphatic rings. The predicted molar refractivity (Wildman–Crippen MR) is 52.9 cm³/mol. The molecule has 0 aliphatic heterocycles. The van der Waals surface area contributed by atoms with E-state index >= 15 is 0 Å². The highest BCUT2D eigenvalue weighted by molar-refractivity contribution is 6.99. The molecule has 0 spiro atoms. The molecule has 0 aromatic carbocycles. The molecule has 2 aromatic heterocycles. The Kier molecular flexibility index (Phi) is 1.83. The zero-order chi connectivity index (χ0) is 10.3. The van der Waals surface area contributed by atoms with Crippen LogP contribution in [0.25, 0.3) is 11.6 Å². The summed E-state index contributed by atoms with van der Waals surface area (Å²) in [5.74, 6) is 0.979. The second-order valence-electron chi connectivity index (χ2n) is 3.73. The van der Waals surface area contributed by atoms with Gasteiger partial charge in [0.25, 0.3) is 5.89 Å². The van der Waals surface area contributed by atoms with Gasteiger partial charge >= 0.3 is 0 Å². The Morgan fingerprint density at radius 3 is 2.93 bits per heavy atom. The molecule has 1 saturated carbocycles. The fourth-order valence-corrected chi connectivity index (χ4v) is 1.98. The van der Waals surface area contributed by atoms with Crippen molar-refractivity contribution in [3.05, 3.63) is 12.0 Å². The summed E-state index contributed by atoms with van der Waals surface area (Å²) in [4.78, 5) is 4.25. The molecule has 2 heterocycles. The Bertz CT molecular complexity index is 461. The first-order valence-corrected chi connectivity index (χ1v) is 5.42. The van der Waals surface area contributed by atoms with Crippen molar-refractivity contribution in [3.8, 4) is 11.6 Å². The van der Waals surface area contributed by atoms with Crippen LogP contribution in [0.15, 0.2) is 10.7 Å². The van der Waals surface area contributed by atoms with Gasteiger partial charge in [-0.25, -0.2) is 0 Å². The van der Waals surface area contributed by atoms with Gasteiger partial charge in [0.05, 0.1) is 23.5 Å². The molecule has 6 nitrogen and oxygen atoms in total. The van der Waals surface area contributed by atoms with Gasteiger partial charge in [0, 0.05) is 0 Å². The van der Waals surface area contributed by atoms with Crippen molar-refractivity contribution >= 4 is 11.7 Å². The van der Waals surface area contributed by atoms with E-state index in [0.29, 0.717) is 17.4 Å². The van der Waals surface area contributed by atoms with E-state index in [1.807, 2.05) is 0 Å². The Morgan fingerprint density at radius 2 is 2.33 bits per heavy atom. The average Bonchev–Trinajstić information content (AvgIpc) is 2.84. The van der Waals surface area contributed by atoms with Crippen molar-refractivity contribution in [2.24, 2.45) is 5.73 Å². The number of hydrogen-bond acceptors (Lipinski definition) is 7. The van der Waals surface area contributed by atoms with E-state index < -0.39 is 0 Å². The summed E-state index contributed by atoms with van der Waals surface area (Å²) in [6.07, 6.45) is 4.56. The third-order valence-corrected chi connectivity index (χ3v) is 3.18. The summed E-state index contributed by atoms with van der Waals surface area (Å²) >= 11 is 1.11. The highest BCUT2D eigenvalue weighted by Crippen LogP contribution is 2.37.